The van der Waals surface area contributed by atoms with Crippen molar-refractivity contribution in [1.82, 2.24) is 19.6 Å². The van der Waals surface area contributed by atoms with E-state index in [-0.39, 0.29) is 18.5 Å². The molecule has 2 aliphatic rings. The Morgan fingerprint density at radius 3 is 2.38 bits per heavy atom. The second kappa shape index (κ2) is 6.95. The van der Waals surface area contributed by atoms with Gasteiger partial charge in [-0.25, -0.2) is 9.37 Å². The fourth-order valence-corrected chi connectivity index (χ4v) is 3.85. The number of aromatic nitrogens is 2. The molecule has 3 heterocycles. The first-order valence-electron chi connectivity index (χ1n) is 9.72. The van der Waals surface area contributed by atoms with Crippen molar-refractivity contribution in [2.24, 2.45) is 4.99 Å². The van der Waals surface area contributed by atoms with Gasteiger partial charge in [-0.1, -0.05) is 34.8 Å². The molecule has 0 aliphatic carbocycles. The van der Waals surface area contributed by atoms with Crippen LogP contribution in [0.5, 0.6) is 0 Å². The van der Waals surface area contributed by atoms with E-state index >= 15 is 0 Å². The Hall–Kier alpha value is -3.29. The van der Waals surface area contributed by atoms with Crippen molar-refractivity contribution < 1.29 is 14.2 Å². The number of hydrogen-bond acceptors (Lipinski definition) is 4. The molecule has 1 unspecified atom stereocenters. The second-order valence-corrected chi connectivity index (χ2v) is 7.55. The minimum atomic E-state index is -0.632. The van der Waals surface area contributed by atoms with E-state index in [1.54, 1.807) is 11.7 Å². The third-order valence-corrected chi connectivity index (χ3v) is 5.39. The van der Waals surface area contributed by atoms with E-state index in [9.17, 15) is 9.59 Å². The molecule has 0 N–H and O–H groups in total. The first-order valence-corrected chi connectivity index (χ1v) is 9.72. The van der Waals surface area contributed by atoms with Crippen LogP contribution in [0.2, 0.25) is 0 Å². The number of fused-ring (bicyclic) bond motifs is 1. The van der Waals surface area contributed by atoms with Gasteiger partial charge in [0.25, 0.3) is 5.91 Å². The van der Waals surface area contributed by atoms with Crippen molar-refractivity contribution in [2.75, 3.05) is 13.6 Å². The van der Waals surface area contributed by atoms with E-state index in [1.807, 2.05) is 62.6 Å². The number of carbonyl (C=O) groups is 2. The summed E-state index contributed by atoms with van der Waals surface area (Å²) in [5.41, 5.74) is 3.85. The summed E-state index contributed by atoms with van der Waals surface area (Å²) >= 11 is 0. The van der Waals surface area contributed by atoms with Crippen LogP contribution in [-0.2, 0) is 11.3 Å². The van der Waals surface area contributed by atoms with Gasteiger partial charge in [-0.15, -0.1) is 9.78 Å². The molecule has 8 nitrogen and oxygen atoms in total. The van der Waals surface area contributed by atoms with Crippen molar-refractivity contribution in [3.8, 4) is 0 Å². The number of amidine groups is 1. The van der Waals surface area contributed by atoms with Crippen LogP contribution in [-0.4, -0.2) is 67.5 Å². The minimum Gasteiger partial charge on any atom is -0.270 e. The van der Waals surface area contributed by atoms with Gasteiger partial charge >= 0.3 is 12.0 Å². The van der Waals surface area contributed by atoms with Crippen molar-refractivity contribution in [1.29, 1.82) is 0 Å². The lowest BCUT2D eigenvalue weighted by Crippen LogP contribution is -2.62. The van der Waals surface area contributed by atoms with E-state index in [2.05, 4.69) is 10.1 Å². The highest BCUT2D eigenvalue weighted by molar-refractivity contribution is 6.22. The molecule has 1 aromatic carbocycles. The van der Waals surface area contributed by atoms with Crippen LogP contribution in [0.4, 0.5) is 4.79 Å². The van der Waals surface area contributed by atoms with Crippen LogP contribution < -0.4 is 0 Å². The monoisotopic (exact) mass is 393 g/mol. The maximum Gasteiger partial charge on any atom is 0.421 e. The molecule has 8 heteroatoms. The lowest BCUT2D eigenvalue weighted by Gasteiger charge is -2.34. The number of likely N-dealkylation sites (N-methyl/N-ethyl adjacent to an activating group) is 2. The number of amides is 3. The van der Waals surface area contributed by atoms with E-state index < -0.39 is 6.04 Å². The van der Waals surface area contributed by atoms with Crippen LogP contribution in [0.15, 0.2) is 35.3 Å². The highest BCUT2D eigenvalue weighted by atomic mass is 16.2. The molecule has 0 saturated carbocycles. The molecule has 1 saturated heterocycles. The molecule has 0 radical (unpaired) electrons. The first-order chi connectivity index (χ1) is 13.8. The first kappa shape index (κ1) is 19.0. The maximum absolute atomic E-state index is 13.4. The third-order valence-electron chi connectivity index (χ3n) is 5.39. The minimum absolute atomic E-state index is 0.235. The zero-order valence-corrected chi connectivity index (χ0v) is 17.4. The summed E-state index contributed by atoms with van der Waals surface area (Å²) in [6.07, 6.45) is 0. The number of aliphatic imine (C=N–C) groups is 1. The molecule has 0 bridgehead atoms. The molecule has 4 rings (SSSR count). The predicted octanol–water partition coefficient (Wildman–Crippen LogP) is 1.92. The number of carbonyl (C=O) groups excluding carboxylic acids is 2. The maximum atomic E-state index is 13.4. The number of rotatable bonds is 3. The molecular formula is C21H25N6O2+. The quantitative estimate of drug-likeness (QED) is 0.748. The third kappa shape index (κ3) is 3.04. The number of aryl methyl sites for hydroxylation is 3. The normalized spacial score (nSPS) is 19.2. The Bertz CT molecular complexity index is 1060. The molecule has 2 aliphatic heterocycles. The smallest absolute Gasteiger partial charge is 0.270 e. The molecule has 2 aromatic rings. The van der Waals surface area contributed by atoms with E-state index in [0.29, 0.717) is 18.3 Å². The van der Waals surface area contributed by atoms with Gasteiger partial charge in [0, 0.05) is 7.05 Å². The SMILES string of the molecule is CC[N+]1=C(n2nc(C)cc2C)N=C2C1C(=O)N(Cc1ccc(C)cc1)C(=O)N2C. The molecule has 150 valence electrons. The van der Waals surface area contributed by atoms with Gasteiger partial charge in [-0.3, -0.25) is 14.6 Å². The Morgan fingerprint density at radius 2 is 1.79 bits per heavy atom. The number of urea groups is 1. The van der Waals surface area contributed by atoms with Crippen molar-refractivity contribution >= 4 is 23.7 Å². The van der Waals surface area contributed by atoms with Gasteiger partial charge in [0.1, 0.15) is 5.69 Å². The van der Waals surface area contributed by atoms with Crippen LogP contribution in [0.1, 0.15) is 29.4 Å². The van der Waals surface area contributed by atoms with E-state index in [0.717, 1.165) is 22.5 Å². The Kier molecular flexibility index (Phi) is 4.56. The Labute approximate surface area is 169 Å². The number of benzene rings is 1. The summed E-state index contributed by atoms with van der Waals surface area (Å²) in [6.45, 7) is 8.64. The van der Waals surface area contributed by atoms with Crippen LogP contribution in [0, 0.1) is 20.8 Å². The van der Waals surface area contributed by atoms with Crippen LogP contribution >= 0.6 is 0 Å². The average molecular weight is 393 g/mol. The summed E-state index contributed by atoms with van der Waals surface area (Å²) in [5, 5.41) is 4.51. The second-order valence-electron chi connectivity index (χ2n) is 7.55. The fourth-order valence-electron chi connectivity index (χ4n) is 3.85. The molecule has 1 fully saturated rings. The largest absolute Gasteiger partial charge is 0.421 e. The van der Waals surface area contributed by atoms with Gasteiger partial charge in [0.2, 0.25) is 11.9 Å². The topological polar surface area (TPSA) is 73.8 Å². The Morgan fingerprint density at radius 1 is 1.10 bits per heavy atom. The van der Waals surface area contributed by atoms with E-state index in [1.165, 1.54) is 9.80 Å². The van der Waals surface area contributed by atoms with Crippen molar-refractivity contribution in [3.63, 3.8) is 0 Å². The summed E-state index contributed by atoms with van der Waals surface area (Å²) in [5.74, 6) is 0.763. The van der Waals surface area contributed by atoms with Gasteiger partial charge in [0.05, 0.1) is 18.8 Å². The molecule has 0 spiro atoms. The number of nitrogens with zero attached hydrogens (tertiary/aromatic N) is 6. The van der Waals surface area contributed by atoms with Gasteiger partial charge in [0.15, 0.2) is 0 Å². The van der Waals surface area contributed by atoms with Crippen LogP contribution in [0.3, 0.4) is 0 Å². The Balaban J connectivity index is 1.74. The number of hydrogen-bond donors (Lipinski definition) is 0. The molecule has 29 heavy (non-hydrogen) atoms. The van der Waals surface area contributed by atoms with Crippen molar-refractivity contribution in [3.05, 3.63) is 52.8 Å². The zero-order valence-electron chi connectivity index (χ0n) is 17.4. The predicted molar refractivity (Wildman–Crippen MR) is 109 cm³/mol. The van der Waals surface area contributed by atoms with Crippen molar-refractivity contribution in [2.45, 2.75) is 40.3 Å². The summed E-state index contributed by atoms with van der Waals surface area (Å²) in [4.78, 5) is 33.8. The molecule has 1 aromatic heterocycles. The summed E-state index contributed by atoms with van der Waals surface area (Å²) < 4.78 is 3.64. The number of imide groups is 1. The molecule has 1 atom stereocenters. The van der Waals surface area contributed by atoms with Gasteiger partial charge in [-0.05, 0) is 39.3 Å². The standard InChI is InChI=1S/C21H25N6O2/c1-6-25-17-18(22-20(25)27-15(4)11-14(3)23-27)24(5)21(29)26(19(17)28)12-16-9-7-13(2)8-10-16/h7-11,17H,6,12H2,1-5H3/q+1. The summed E-state index contributed by atoms with van der Waals surface area (Å²) in [6, 6.07) is 8.81. The lowest BCUT2D eigenvalue weighted by atomic mass is 10.1. The van der Waals surface area contributed by atoms with Crippen LogP contribution in [0.25, 0.3) is 0 Å². The summed E-state index contributed by atoms with van der Waals surface area (Å²) in [7, 11) is 1.67. The molecule has 3 amide bonds. The average Bonchev–Trinajstić information content (AvgIpc) is 3.24. The van der Waals surface area contributed by atoms with Gasteiger partial charge in [-0.2, -0.15) is 0 Å². The highest BCUT2D eigenvalue weighted by Gasteiger charge is 2.52. The zero-order chi connectivity index (χ0) is 20.9. The molecular weight excluding hydrogens is 368 g/mol. The lowest BCUT2D eigenvalue weighted by molar-refractivity contribution is -0.534. The fraction of sp³-hybridized carbons (Fsp3) is 0.381. The van der Waals surface area contributed by atoms with E-state index in [4.69, 9.17) is 0 Å². The van der Waals surface area contributed by atoms with Gasteiger partial charge < -0.3 is 0 Å². The highest BCUT2D eigenvalue weighted by Crippen LogP contribution is 2.22.